The van der Waals surface area contributed by atoms with E-state index in [9.17, 15) is 4.79 Å². The van der Waals surface area contributed by atoms with Crippen LogP contribution >= 0.6 is 0 Å². The van der Waals surface area contributed by atoms with E-state index in [0.29, 0.717) is 18.3 Å². The zero-order valence-corrected chi connectivity index (χ0v) is 13.2. The van der Waals surface area contributed by atoms with Gasteiger partial charge in [0.15, 0.2) is 0 Å². The molecule has 1 saturated carbocycles. The molecule has 2 aliphatic rings. The van der Waals surface area contributed by atoms with Crippen molar-refractivity contribution in [3.05, 3.63) is 0 Å². The Labute approximate surface area is 123 Å². The van der Waals surface area contributed by atoms with E-state index in [4.69, 9.17) is 5.11 Å². The van der Waals surface area contributed by atoms with Crippen LogP contribution in [0.4, 0.5) is 0 Å². The molecule has 0 amide bonds. The summed E-state index contributed by atoms with van der Waals surface area (Å²) in [6.45, 7) is 8.09. The van der Waals surface area contributed by atoms with Gasteiger partial charge in [-0.2, -0.15) is 0 Å². The van der Waals surface area contributed by atoms with E-state index in [1.807, 2.05) is 0 Å². The molecule has 0 radical (unpaired) electrons. The van der Waals surface area contributed by atoms with Gasteiger partial charge in [-0.25, -0.2) is 0 Å². The third-order valence-electron chi connectivity index (χ3n) is 5.50. The lowest BCUT2D eigenvalue weighted by Crippen LogP contribution is -2.41. The van der Waals surface area contributed by atoms with Crippen molar-refractivity contribution in [1.29, 1.82) is 0 Å². The van der Waals surface area contributed by atoms with Crippen LogP contribution < -0.4 is 0 Å². The summed E-state index contributed by atoms with van der Waals surface area (Å²) >= 11 is 0. The molecule has 1 heterocycles. The molecule has 20 heavy (non-hydrogen) atoms. The fraction of sp³-hybridized carbons (Fsp3) is 0.941. The second kappa shape index (κ2) is 7.44. The zero-order chi connectivity index (χ0) is 14.5. The average molecular weight is 281 g/mol. The van der Waals surface area contributed by atoms with Crippen molar-refractivity contribution in [3.63, 3.8) is 0 Å². The van der Waals surface area contributed by atoms with Gasteiger partial charge in [-0.05, 0) is 55.9 Å². The molecule has 2 unspecified atom stereocenters. The second-order valence-corrected chi connectivity index (χ2v) is 7.36. The van der Waals surface area contributed by atoms with Gasteiger partial charge >= 0.3 is 5.97 Å². The highest BCUT2D eigenvalue weighted by Gasteiger charge is 2.28. The molecule has 2 fully saturated rings. The Kier molecular flexibility index (Phi) is 5.88. The molecular weight excluding hydrogens is 250 g/mol. The van der Waals surface area contributed by atoms with Crippen molar-refractivity contribution in [1.82, 2.24) is 4.90 Å². The van der Waals surface area contributed by atoms with Crippen molar-refractivity contribution in [2.24, 2.45) is 23.7 Å². The molecular formula is C17H31NO2. The number of carboxylic acids is 1. The molecule has 0 aromatic carbocycles. The van der Waals surface area contributed by atoms with Crippen LogP contribution in [-0.2, 0) is 4.79 Å². The Balaban J connectivity index is 1.76. The van der Waals surface area contributed by atoms with Gasteiger partial charge in [0, 0.05) is 19.5 Å². The minimum atomic E-state index is -0.643. The first-order valence-corrected chi connectivity index (χ1v) is 8.48. The van der Waals surface area contributed by atoms with Gasteiger partial charge in [0.05, 0.1) is 0 Å². The fourth-order valence-electron chi connectivity index (χ4n) is 4.04. The topological polar surface area (TPSA) is 40.5 Å². The van der Waals surface area contributed by atoms with E-state index in [1.54, 1.807) is 0 Å². The monoisotopic (exact) mass is 281 g/mol. The van der Waals surface area contributed by atoms with Crippen molar-refractivity contribution in [3.8, 4) is 0 Å². The van der Waals surface area contributed by atoms with Gasteiger partial charge in [0.2, 0.25) is 0 Å². The molecule has 2 atom stereocenters. The van der Waals surface area contributed by atoms with Gasteiger partial charge in [0.25, 0.3) is 0 Å². The predicted octanol–water partition coefficient (Wildman–Crippen LogP) is 3.64. The highest BCUT2D eigenvalue weighted by atomic mass is 16.4. The normalized spacial score (nSPS) is 33.8. The Morgan fingerprint density at radius 2 is 1.95 bits per heavy atom. The molecule has 0 aromatic heterocycles. The lowest BCUT2D eigenvalue weighted by atomic mass is 9.81. The maximum atomic E-state index is 10.9. The van der Waals surface area contributed by atoms with Crippen LogP contribution in [0.1, 0.15) is 58.8 Å². The second-order valence-electron chi connectivity index (χ2n) is 7.36. The number of hydrogen-bond acceptors (Lipinski definition) is 2. The number of hydrogen-bond donors (Lipinski definition) is 1. The smallest absolute Gasteiger partial charge is 0.303 e. The first kappa shape index (κ1) is 15.8. The molecule has 1 N–H and O–H groups in total. The number of rotatable bonds is 5. The number of carbonyl (C=O) groups is 1. The molecule has 3 nitrogen and oxygen atoms in total. The number of piperidine rings is 1. The maximum Gasteiger partial charge on any atom is 0.303 e. The van der Waals surface area contributed by atoms with E-state index >= 15 is 0 Å². The molecule has 2 rings (SSSR count). The van der Waals surface area contributed by atoms with Crippen LogP contribution in [0.2, 0.25) is 0 Å². The third kappa shape index (κ3) is 4.76. The largest absolute Gasteiger partial charge is 0.481 e. The summed E-state index contributed by atoms with van der Waals surface area (Å²) in [5.74, 6) is 2.08. The van der Waals surface area contributed by atoms with E-state index < -0.39 is 5.97 Å². The summed E-state index contributed by atoms with van der Waals surface area (Å²) in [6.07, 6.45) is 8.39. The highest BCUT2D eigenvalue weighted by Crippen LogP contribution is 2.31. The summed E-state index contributed by atoms with van der Waals surface area (Å²) in [5, 5.41) is 8.95. The summed E-state index contributed by atoms with van der Waals surface area (Å²) < 4.78 is 0. The van der Waals surface area contributed by atoms with E-state index in [1.165, 1.54) is 51.6 Å². The first-order chi connectivity index (χ1) is 9.54. The molecule has 3 heteroatoms. The molecule has 1 aliphatic carbocycles. The van der Waals surface area contributed by atoms with Crippen LogP contribution in [0.25, 0.3) is 0 Å². The summed E-state index contributed by atoms with van der Waals surface area (Å²) in [4.78, 5) is 13.5. The van der Waals surface area contributed by atoms with Crippen molar-refractivity contribution in [2.75, 3.05) is 19.6 Å². The molecule has 116 valence electrons. The maximum absolute atomic E-state index is 10.9. The average Bonchev–Trinajstić information content (AvgIpc) is 2.41. The number of likely N-dealkylation sites (tertiary alicyclic amines) is 1. The Morgan fingerprint density at radius 3 is 2.60 bits per heavy atom. The standard InChI is InChI=1S/C17H31NO2/c1-13-5-7-15(8-6-13)11-18-9-3-4-16(12-18)14(2)10-17(19)20/h13-16H,3-12H2,1-2H3,(H,19,20). The first-order valence-electron chi connectivity index (χ1n) is 8.48. The number of nitrogens with zero attached hydrogens (tertiary/aromatic N) is 1. The lowest BCUT2D eigenvalue weighted by molar-refractivity contribution is -0.138. The van der Waals surface area contributed by atoms with Gasteiger partial charge in [-0.1, -0.05) is 26.7 Å². The number of carboxylic acid groups (broad SMARTS) is 1. The molecule has 1 aliphatic heterocycles. The predicted molar refractivity (Wildman–Crippen MR) is 81.7 cm³/mol. The Morgan fingerprint density at radius 1 is 1.25 bits per heavy atom. The van der Waals surface area contributed by atoms with Crippen LogP contribution in [0, 0.1) is 23.7 Å². The minimum absolute atomic E-state index is 0.321. The van der Waals surface area contributed by atoms with E-state index in [0.717, 1.165) is 18.4 Å². The van der Waals surface area contributed by atoms with Gasteiger partial charge < -0.3 is 10.0 Å². The van der Waals surface area contributed by atoms with Crippen LogP contribution in [-0.4, -0.2) is 35.6 Å². The van der Waals surface area contributed by atoms with E-state index in [2.05, 4.69) is 18.7 Å². The van der Waals surface area contributed by atoms with Gasteiger partial charge in [0.1, 0.15) is 0 Å². The summed E-state index contributed by atoms with van der Waals surface area (Å²) in [7, 11) is 0. The summed E-state index contributed by atoms with van der Waals surface area (Å²) in [5.41, 5.74) is 0. The van der Waals surface area contributed by atoms with Crippen molar-refractivity contribution >= 4 is 5.97 Å². The Hall–Kier alpha value is -0.570. The molecule has 0 spiro atoms. The molecule has 0 aromatic rings. The summed E-state index contributed by atoms with van der Waals surface area (Å²) in [6, 6.07) is 0. The fourth-order valence-corrected chi connectivity index (χ4v) is 4.04. The molecule has 0 bridgehead atoms. The van der Waals surface area contributed by atoms with Gasteiger partial charge in [-0.3, -0.25) is 4.79 Å². The van der Waals surface area contributed by atoms with Gasteiger partial charge in [-0.15, -0.1) is 0 Å². The zero-order valence-electron chi connectivity index (χ0n) is 13.2. The quantitative estimate of drug-likeness (QED) is 0.836. The van der Waals surface area contributed by atoms with Crippen LogP contribution in [0.3, 0.4) is 0 Å². The Bertz CT molecular complexity index is 310. The van der Waals surface area contributed by atoms with Crippen molar-refractivity contribution < 1.29 is 9.90 Å². The molecule has 1 saturated heterocycles. The van der Waals surface area contributed by atoms with Crippen LogP contribution in [0.15, 0.2) is 0 Å². The van der Waals surface area contributed by atoms with Crippen molar-refractivity contribution in [2.45, 2.75) is 58.8 Å². The van der Waals surface area contributed by atoms with E-state index in [-0.39, 0.29) is 0 Å². The SMILES string of the molecule is CC1CCC(CN2CCCC(C(C)CC(=O)O)C2)CC1. The third-order valence-corrected chi connectivity index (χ3v) is 5.50. The minimum Gasteiger partial charge on any atom is -0.481 e. The van der Waals surface area contributed by atoms with Crippen LogP contribution in [0.5, 0.6) is 0 Å². The number of aliphatic carboxylic acids is 1. The highest BCUT2D eigenvalue weighted by molar-refractivity contribution is 5.67. The lowest BCUT2D eigenvalue weighted by Gasteiger charge is -2.38.